The minimum atomic E-state index is -0.983. The number of aliphatic carboxylic acids is 1. The van der Waals surface area contributed by atoms with Gasteiger partial charge >= 0.3 is 5.97 Å². The monoisotopic (exact) mass is 731 g/mol. The Morgan fingerprint density at radius 1 is 0.380 bits per heavy atom. The van der Waals surface area contributed by atoms with E-state index in [1.54, 1.807) is 0 Å². The summed E-state index contributed by atoms with van der Waals surface area (Å²) in [7, 11) is 0. The van der Waals surface area contributed by atoms with Crippen LogP contribution in [-0.2, 0) is 71.2 Å². The lowest BCUT2D eigenvalue weighted by Crippen LogP contribution is -2.25. The Labute approximate surface area is 298 Å². The Morgan fingerprint density at radius 3 is 0.860 bits per heavy atom. The summed E-state index contributed by atoms with van der Waals surface area (Å²) in [6, 6.07) is 0. The number of rotatable bonds is 44. The Hall–Kier alpha value is -1.58. The fourth-order valence-corrected chi connectivity index (χ4v) is 3.49. The van der Waals surface area contributed by atoms with Gasteiger partial charge in [0.05, 0.1) is 165 Å². The van der Waals surface area contributed by atoms with Crippen LogP contribution in [0.25, 0.3) is 0 Å². The van der Waals surface area contributed by atoms with Gasteiger partial charge in [-0.1, -0.05) is 0 Å². The number of carboxylic acid groups (broad SMARTS) is 1. The van der Waals surface area contributed by atoms with E-state index in [9.17, 15) is 9.59 Å². The van der Waals surface area contributed by atoms with Gasteiger partial charge in [0.1, 0.15) is 0 Å². The van der Waals surface area contributed by atoms with E-state index in [-0.39, 0.29) is 18.7 Å². The van der Waals surface area contributed by atoms with Crippen molar-refractivity contribution in [2.24, 2.45) is 0 Å². The van der Waals surface area contributed by atoms with Gasteiger partial charge in [0.25, 0.3) is 0 Å². The predicted octanol–water partition coefficient (Wildman–Crippen LogP) is 0.593. The molecule has 0 aliphatic rings. The molecule has 0 rings (SSSR count). The average molecular weight is 732 g/mol. The molecule has 0 atom stereocenters. The third-order valence-corrected chi connectivity index (χ3v) is 6.02. The third-order valence-electron chi connectivity index (χ3n) is 6.02. The van der Waals surface area contributed by atoms with E-state index in [0.29, 0.717) is 185 Å². The van der Waals surface area contributed by atoms with Crippen LogP contribution in [-0.4, -0.2) is 195 Å². The molecule has 0 saturated heterocycles. The number of ether oxygens (including phenoxy) is 13. The molecular weight excluding hydrogens is 666 g/mol. The van der Waals surface area contributed by atoms with Crippen molar-refractivity contribution in [3.05, 3.63) is 0 Å². The van der Waals surface area contributed by atoms with Crippen molar-refractivity contribution in [2.45, 2.75) is 26.2 Å². The molecule has 2 N–H and O–H groups in total. The molecule has 17 nitrogen and oxygen atoms in total. The lowest BCUT2D eigenvalue weighted by Gasteiger charge is -2.09. The van der Waals surface area contributed by atoms with Crippen molar-refractivity contribution in [1.82, 2.24) is 5.32 Å². The van der Waals surface area contributed by atoms with Gasteiger partial charge in [-0.05, 0) is 13.3 Å². The van der Waals surface area contributed by atoms with Gasteiger partial charge in [-0.25, -0.2) is 0 Å². The maximum Gasteiger partial charge on any atom is 0.303 e. The zero-order valence-corrected chi connectivity index (χ0v) is 30.3. The van der Waals surface area contributed by atoms with Crippen LogP contribution in [0.4, 0.5) is 0 Å². The minimum absolute atomic E-state index is 0.0111. The first-order valence-electron chi connectivity index (χ1n) is 17.7. The molecule has 0 aromatic rings. The number of hydrogen-bond acceptors (Lipinski definition) is 15. The number of hydrogen-bond donors (Lipinski definition) is 2. The lowest BCUT2D eigenvalue weighted by atomic mass is 10.3. The summed E-state index contributed by atoms with van der Waals surface area (Å²) in [6.07, 6.45) is 0.474. The SMILES string of the molecule is CCOCCOCCOCCOCCOCCOCCOCCOCCOCCOCCOCCOCCOCCCNC(=O)CCC(=O)O. The Kier molecular flexibility index (Phi) is 42.2. The molecule has 0 aliphatic carbocycles. The average Bonchev–Trinajstić information content (AvgIpc) is 3.11. The maximum atomic E-state index is 11.4. The van der Waals surface area contributed by atoms with Crippen LogP contribution in [0.1, 0.15) is 26.2 Å². The summed E-state index contributed by atoms with van der Waals surface area (Å²) in [5.41, 5.74) is 0. The van der Waals surface area contributed by atoms with Crippen LogP contribution in [0.2, 0.25) is 0 Å². The highest BCUT2D eigenvalue weighted by Gasteiger charge is 2.04. The molecule has 0 heterocycles. The first kappa shape index (κ1) is 48.4. The normalized spacial score (nSPS) is 11.4. The number of nitrogens with one attached hydrogen (secondary N) is 1. The van der Waals surface area contributed by atoms with Gasteiger partial charge in [0.15, 0.2) is 0 Å². The van der Waals surface area contributed by atoms with Gasteiger partial charge in [0.2, 0.25) is 5.91 Å². The van der Waals surface area contributed by atoms with Crippen LogP contribution in [0.15, 0.2) is 0 Å². The molecule has 298 valence electrons. The second-order valence-electron chi connectivity index (χ2n) is 10.1. The number of carboxylic acids is 1. The van der Waals surface area contributed by atoms with Crippen molar-refractivity contribution >= 4 is 11.9 Å². The summed E-state index contributed by atoms with van der Waals surface area (Å²) < 4.78 is 70.5. The van der Waals surface area contributed by atoms with Crippen molar-refractivity contribution in [1.29, 1.82) is 0 Å². The van der Waals surface area contributed by atoms with E-state index in [1.807, 2.05) is 6.92 Å². The number of carbonyl (C=O) groups is 2. The van der Waals surface area contributed by atoms with E-state index >= 15 is 0 Å². The summed E-state index contributed by atoms with van der Waals surface area (Å²) in [6.45, 7) is 15.7. The molecule has 0 aromatic heterocycles. The van der Waals surface area contributed by atoms with Crippen LogP contribution in [0, 0.1) is 0 Å². The Balaban J connectivity index is 3.08. The molecule has 50 heavy (non-hydrogen) atoms. The maximum absolute atomic E-state index is 11.4. The smallest absolute Gasteiger partial charge is 0.303 e. The summed E-state index contributed by atoms with van der Waals surface area (Å²) in [5, 5.41) is 11.2. The standard InChI is InChI=1S/C33H65NO16/c1-2-38-8-9-40-12-13-42-16-17-44-20-21-46-24-25-48-28-29-50-31-30-49-27-26-47-23-22-45-19-18-43-15-14-41-11-10-39-7-3-6-34-32(35)4-5-33(36)37/h2-31H2,1H3,(H,34,35)(H,36,37). The highest BCUT2D eigenvalue weighted by molar-refractivity contribution is 5.80. The molecule has 0 aliphatic heterocycles. The predicted molar refractivity (Wildman–Crippen MR) is 181 cm³/mol. The summed E-state index contributed by atoms with van der Waals surface area (Å²) in [4.78, 5) is 21.8. The topological polar surface area (TPSA) is 186 Å². The van der Waals surface area contributed by atoms with E-state index in [1.165, 1.54) is 0 Å². The first-order valence-corrected chi connectivity index (χ1v) is 17.7. The van der Waals surface area contributed by atoms with Crippen molar-refractivity contribution in [3.8, 4) is 0 Å². The minimum Gasteiger partial charge on any atom is -0.481 e. The highest BCUT2D eigenvalue weighted by atomic mass is 16.6. The van der Waals surface area contributed by atoms with E-state index < -0.39 is 5.97 Å². The molecular formula is C33H65NO16. The first-order chi connectivity index (χ1) is 24.7. The summed E-state index contributed by atoms with van der Waals surface area (Å²) >= 11 is 0. The van der Waals surface area contributed by atoms with E-state index in [0.717, 1.165) is 0 Å². The van der Waals surface area contributed by atoms with Crippen molar-refractivity contribution in [3.63, 3.8) is 0 Å². The third kappa shape index (κ3) is 44.4. The second kappa shape index (κ2) is 43.6. The second-order valence-corrected chi connectivity index (χ2v) is 10.1. The molecule has 0 saturated carbocycles. The quantitative estimate of drug-likeness (QED) is 0.0829. The van der Waals surface area contributed by atoms with Gasteiger partial charge in [-0.3, -0.25) is 9.59 Å². The zero-order valence-electron chi connectivity index (χ0n) is 30.3. The van der Waals surface area contributed by atoms with Gasteiger partial charge in [-0.2, -0.15) is 0 Å². The van der Waals surface area contributed by atoms with Crippen LogP contribution >= 0.6 is 0 Å². The molecule has 0 bridgehead atoms. The lowest BCUT2D eigenvalue weighted by molar-refractivity contribution is -0.138. The molecule has 17 heteroatoms. The fourth-order valence-electron chi connectivity index (χ4n) is 3.49. The largest absolute Gasteiger partial charge is 0.481 e. The van der Waals surface area contributed by atoms with E-state index in [4.69, 9.17) is 66.7 Å². The molecule has 0 fully saturated rings. The fraction of sp³-hybridized carbons (Fsp3) is 0.939. The van der Waals surface area contributed by atoms with Gasteiger partial charge in [0, 0.05) is 26.2 Å². The summed E-state index contributed by atoms with van der Waals surface area (Å²) in [5.74, 6) is -1.25. The highest BCUT2D eigenvalue weighted by Crippen LogP contribution is 1.90. The molecule has 0 aromatic carbocycles. The molecule has 0 spiro atoms. The van der Waals surface area contributed by atoms with Crippen molar-refractivity contribution in [2.75, 3.05) is 178 Å². The van der Waals surface area contributed by atoms with Crippen LogP contribution < -0.4 is 5.32 Å². The molecule has 0 radical (unpaired) electrons. The van der Waals surface area contributed by atoms with Crippen LogP contribution in [0.3, 0.4) is 0 Å². The molecule has 0 unspecified atom stereocenters. The van der Waals surface area contributed by atoms with Gasteiger partial charge < -0.3 is 72.0 Å². The van der Waals surface area contributed by atoms with Crippen LogP contribution in [0.5, 0.6) is 0 Å². The Bertz CT molecular complexity index is 694. The number of amides is 1. The molecule has 1 amide bonds. The number of carbonyl (C=O) groups excluding carboxylic acids is 1. The van der Waals surface area contributed by atoms with Gasteiger partial charge in [-0.15, -0.1) is 0 Å². The zero-order chi connectivity index (χ0) is 36.3. The van der Waals surface area contributed by atoms with E-state index in [2.05, 4.69) is 5.32 Å². The van der Waals surface area contributed by atoms with Crippen molar-refractivity contribution < 1.29 is 76.3 Å². The Morgan fingerprint density at radius 2 is 0.620 bits per heavy atom.